The third-order valence-corrected chi connectivity index (χ3v) is 3.52. The largest absolute Gasteiger partial charge is 0.379 e. The van der Waals surface area contributed by atoms with Crippen LogP contribution in [0.4, 0.5) is 5.69 Å². The maximum absolute atomic E-state index is 12.4. The van der Waals surface area contributed by atoms with E-state index in [0.29, 0.717) is 18.9 Å². The monoisotopic (exact) mass is 291 g/mol. The number of nitrogens with two attached hydrogens (primary N) is 1. The van der Waals surface area contributed by atoms with Gasteiger partial charge in [-0.25, -0.2) is 0 Å². The van der Waals surface area contributed by atoms with Crippen LogP contribution in [0.25, 0.3) is 0 Å². The summed E-state index contributed by atoms with van der Waals surface area (Å²) in [6, 6.07) is 7.21. The van der Waals surface area contributed by atoms with Crippen molar-refractivity contribution in [2.45, 2.75) is 19.4 Å². The fourth-order valence-corrected chi connectivity index (χ4v) is 2.49. The molecule has 6 nitrogen and oxygen atoms in total. The van der Waals surface area contributed by atoms with Crippen molar-refractivity contribution >= 4 is 17.5 Å². The van der Waals surface area contributed by atoms with Crippen LogP contribution in [0.5, 0.6) is 0 Å². The Labute approximate surface area is 124 Å². The normalized spacial score (nSPS) is 21.2. The highest BCUT2D eigenvalue weighted by Crippen LogP contribution is 2.20. The zero-order valence-corrected chi connectivity index (χ0v) is 12.1. The van der Waals surface area contributed by atoms with Gasteiger partial charge in [0.25, 0.3) is 0 Å². The van der Waals surface area contributed by atoms with Gasteiger partial charge in [0, 0.05) is 11.7 Å². The van der Waals surface area contributed by atoms with Crippen LogP contribution in [0.3, 0.4) is 0 Å². The zero-order valence-electron chi connectivity index (χ0n) is 12.1. The van der Waals surface area contributed by atoms with E-state index in [1.807, 2.05) is 19.1 Å². The lowest BCUT2D eigenvalue weighted by molar-refractivity contribution is -0.120. The molecule has 114 valence electrons. The standard InChI is InChI=1S/C15H21N3O3/c1-2-17-13-9-21-8-11(13)15(20)18-12-6-4-3-5-10(12)7-14(16)19/h3-6,11,13,17H,2,7-9H2,1H3,(H2,16,19)(H,18,20). The van der Waals surface area contributed by atoms with Gasteiger partial charge < -0.3 is 21.1 Å². The molecule has 2 unspecified atom stereocenters. The second-order valence-electron chi connectivity index (χ2n) is 5.10. The SMILES string of the molecule is CCNC1COCC1C(=O)Nc1ccccc1CC(N)=O. The highest BCUT2D eigenvalue weighted by molar-refractivity contribution is 5.94. The van der Waals surface area contributed by atoms with Crippen molar-refractivity contribution in [1.29, 1.82) is 0 Å². The first-order valence-corrected chi connectivity index (χ1v) is 7.10. The van der Waals surface area contributed by atoms with E-state index >= 15 is 0 Å². The lowest BCUT2D eigenvalue weighted by Gasteiger charge is -2.18. The van der Waals surface area contributed by atoms with Gasteiger partial charge >= 0.3 is 0 Å². The fourth-order valence-electron chi connectivity index (χ4n) is 2.49. The van der Waals surface area contributed by atoms with E-state index in [4.69, 9.17) is 10.5 Å². The second kappa shape index (κ2) is 7.19. The molecule has 1 heterocycles. The Bertz CT molecular complexity index is 519. The third kappa shape index (κ3) is 4.03. The molecule has 0 saturated carbocycles. The second-order valence-corrected chi connectivity index (χ2v) is 5.10. The van der Waals surface area contributed by atoms with Crippen LogP contribution in [0.1, 0.15) is 12.5 Å². The van der Waals surface area contributed by atoms with E-state index < -0.39 is 5.91 Å². The number of para-hydroxylation sites is 1. The molecule has 0 aromatic heterocycles. The Morgan fingerprint density at radius 3 is 2.81 bits per heavy atom. The van der Waals surface area contributed by atoms with Gasteiger partial charge in [-0.05, 0) is 18.2 Å². The van der Waals surface area contributed by atoms with Gasteiger partial charge in [-0.2, -0.15) is 0 Å². The molecular weight excluding hydrogens is 270 g/mol. The number of anilines is 1. The average molecular weight is 291 g/mol. The van der Waals surface area contributed by atoms with E-state index in [-0.39, 0.29) is 24.3 Å². The first kappa shape index (κ1) is 15.5. The smallest absolute Gasteiger partial charge is 0.231 e. The zero-order chi connectivity index (χ0) is 15.2. The number of nitrogens with one attached hydrogen (secondary N) is 2. The van der Waals surface area contributed by atoms with Gasteiger partial charge in [-0.3, -0.25) is 9.59 Å². The summed E-state index contributed by atoms with van der Waals surface area (Å²) in [5, 5.41) is 6.13. The van der Waals surface area contributed by atoms with Crippen molar-refractivity contribution in [3.05, 3.63) is 29.8 Å². The van der Waals surface area contributed by atoms with Crippen molar-refractivity contribution < 1.29 is 14.3 Å². The first-order valence-electron chi connectivity index (χ1n) is 7.10. The third-order valence-electron chi connectivity index (χ3n) is 3.52. The molecule has 0 aliphatic carbocycles. The minimum atomic E-state index is -0.425. The first-order chi connectivity index (χ1) is 10.1. The predicted octanol–water partition coefficient (Wildman–Crippen LogP) is 0.277. The van der Waals surface area contributed by atoms with Crippen LogP contribution >= 0.6 is 0 Å². The molecule has 2 atom stereocenters. The van der Waals surface area contributed by atoms with Crippen molar-refractivity contribution in [2.75, 3.05) is 25.1 Å². The number of likely N-dealkylation sites (N-methyl/N-ethyl adjacent to an activating group) is 1. The molecular formula is C15H21N3O3. The van der Waals surface area contributed by atoms with Crippen LogP contribution in [-0.4, -0.2) is 37.6 Å². The molecule has 0 spiro atoms. The number of hydrogen-bond donors (Lipinski definition) is 3. The minimum absolute atomic E-state index is 0.0262. The molecule has 1 aliphatic heterocycles. The van der Waals surface area contributed by atoms with Gasteiger partial charge in [0.1, 0.15) is 0 Å². The maximum Gasteiger partial charge on any atom is 0.231 e. The predicted molar refractivity (Wildman–Crippen MR) is 79.7 cm³/mol. The summed E-state index contributed by atoms with van der Waals surface area (Å²) in [4.78, 5) is 23.5. The van der Waals surface area contributed by atoms with Gasteiger partial charge in [-0.15, -0.1) is 0 Å². The van der Waals surface area contributed by atoms with Gasteiger partial charge in [0.15, 0.2) is 0 Å². The molecule has 4 N–H and O–H groups in total. The summed E-state index contributed by atoms with van der Waals surface area (Å²) >= 11 is 0. The lowest BCUT2D eigenvalue weighted by Crippen LogP contribution is -2.41. The van der Waals surface area contributed by atoms with Crippen LogP contribution < -0.4 is 16.4 Å². The van der Waals surface area contributed by atoms with Crippen LogP contribution in [0, 0.1) is 5.92 Å². The molecule has 1 aromatic rings. The number of rotatable bonds is 6. The van der Waals surface area contributed by atoms with Gasteiger partial charge in [-0.1, -0.05) is 25.1 Å². The molecule has 0 radical (unpaired) electrons. The topological polar surface area (TPSA) is 93.4 Å². The number of hydrogen-bond acceptors (Lipinski definition) is 4. The summed E-state index contributed by atoms with van der Waals surface area (Å²) in [5.74, 6) is -0.756. The van der Waals surface area contributed by atoms with Crippen LogP contribution in [-0.2, 0) is 20.7 Å². The molecule has 1 saturated heterocycles. The minimum Gasteiger partial charge on any atom is -0.379 e. The Kier molecular flexibility index (Phi) is 5.30. The molecule has 2 amide bonds. The van der Waals surface area contributed by atoms with Crippen molar-refractivity contribution in [3.63, 3.8) is 0 Å². The summed E-state index contributed by atoms with van der Waals surface area (Å²) in [7, 11) is 0. The molecule has 2 rings (SSSR count). The van der Waals surface area contributed by atoms with Crippen LogP contribution in [0.2, 0.25) is 0 Å². The molecule has 1 aliphatic rings. The maximum atomic E-state index is 12.4. The number of carbonyl (C=O) groups is 2. The van der Waals surface area contributed by atoms with Gasteiger partial charge in [0.2, 0.25) is 11.8 Å². The Morgan fingerprint density at radius 1 is 1.33 bits per heavy atom. The van der Waals surface area contributed by atoms with E-state index in [2.05, 4.69) is 10.6 Å². The average Bonchev–Trinajstić information content (AvgIpc) is 2.89. The summed E-state index contributed by atoms with van der Waals surface area (Å²) in [6.07, 6.45) is 0.105. The lowest BCUT2D eigenvalue weighted by atomic mass is 10.0. The molecule has 21 heavy (non-hydrogen) atoms. The molecule has 6 heteroatoms. The highest BCUT2D eigenvalue weighted by atomic mass is 16.5. The number of primary amides is 1. The summed E-state index contributed by atoms with van der Waals surface area (Å²) in [6.45, 7) is 3.72. The van der Waals surface area contributed by atoms with E-state index in [1.54, 1.807) is 12.1 Å². The number of ether oxygens (including phenoxy) is 1. The van der Waals surface area contributed by atoms with Crippen molar-refractivity contribution in [2.24, 2.45) is 11.7 Å². The Balaban J connectivity index is 2.07. The van der Waals surface area contributed by atoms with E-state index in [0.717, 1.165) is 12.1 Å². The number of benzene rings is 1. The quantitative estimate of drug-likeness (QED) is 0.701. The molecule has 1 aromatic carbocycles. The van der Waals surface area contributed by atoms with Gasteiger partial charge in [0.05, 0.1) is 25.6 Å². The van der Waals surface area contributed by atoms with Crippen molar-refractivity contribution in [1.82, 2.24) is 5.32 Å². The Morgan fingerprint density at radius 2 is 2.10 bits per heavy atom. The van der Waals surface area contributed by atoms with E-state index in [1.165, 1.54) is 0 Å². The van der Waals surface area contributed by atoms with E-state index in [9.17, 15) is 9.59 Å². The molecule has 1 fully saturated rings. The Hall–Kier alpha value is -1.92. The molecule has 0 bridgehead atoms. The number of carbonyl (C=O) groups excluding carboxylic acids is 2. The van der Waals surface area contributed by atoms with Crippen LogP contribution in [0.15, 0.2) is 24.3 Å². The highest BCUT2D eigenvalue weighted by Gasteiger charge is 2.33. The summed E-state index contributed by atoms with van der Waals surface area (Å²) in [5.41, 5.74) is 6.57. The number of amides is 2. The summed E-state index contributed by atoms with van der Waals surface area (Å²) < 4.78 is 5.38. The van der Waals surface area contributed by atoms with Crippen molar-refractivity contribution in [3.8, 4) is 0 Å². The fraction of sp³-hybridized carbons (Fsp3) is 0.467.